The summed E-state index contributed by atoms with van der Waals surface area (Å²) in [5.74, 6) is -2.88. The molecule has 106 valence electrons. The van der Waals surface area contributed by atoms with Crippen LogP contribution in [0.25, 0.3) is 0 Å². The molecular formula is C11H14FNO5S. The van der Waals surface area contributed by atoms with Gasteiger partial charge in [0.05, 0.1) is 18.0 Å². The zero-order chi connectivity index (χ0) is 14.5. The number of halogens is 1. The molecule has 1 aromatic rings. The number of sulfonamides is 1. The second kappa shape index (κ2) is 6.48. The molecule has 2 N–H and O–H groups in total. The highest BCUT2D eigenvalue weighted by Gasteiger charge is 2.19. The molecule has 1 rings (SSSR count). The number of anilines is 1. The molecule has 0 aliphatic rings. The standard InChI is InChI=1S/C11H14FNO5S/c1-2-18-6-7-19(16,17)13-9-5-3-4-8(12)10(9)11(14)15/h3-5,13H,2,6-7H2,1H3,(H,14,15). The summed E-state index contributed by atoms with van der Waals surface area (Å²) in [4.78, 5) is 10.9. The highest BCUT2D eigenvalue weighted by atomic mass is 32.2. The fraction of sp³-hybridized carbons (Fsp3) is 0.364. The third-order valence-corrected chi connectivity index (χ3v) is 3.43. The van der Waals surface area contributed by atoms with E-state index in [2.05, 4.69) is 0 Å². The quantitative estimate of drug-likeness (QED) is 0.739. The first-order chi connectivity index (χ1) is 8.87. The molecule has 1 aromatic carbocycles. The number of rotatable bonds is 7. The second-order valence-corrected chi connectivity index (χ2v) is 5.43. The van der Waals surface area contributed by atoms with E-state index in [0.29, 0.717) is 6.61 Å². The summed E-state index contributed by atoms with van der Waals surface area (Å²) in [6.45, 7) is 2.06. The zero-order valence-corrected chi connectivity index (χ0v) is 11.0. The first kappa shape index (κ1) is 15.4. The lowest BCUT2D eigenvalue weighted by atomic mass is 10.2. The molecule has 0 fully saturated rings. The van der Waals surface area contributed by atoms with Crippen LogP contribution in [0.1, 0.15) is 17.3 Å². The van der Waals surface area contributed by atoms with Gasteiger partial charge in [-0.2, -0.15) is 0 Å². The Kier molecular flexibility index (Phi) is 5.25. The fourth-order valence-corrected chi connectivity index (χ4v) is 2.30. The van der Waals surface area contributed by atoms with Gasteiger partial charge in [-0.3, -0.25) is 4.72 Å². The molecule has 0 unspecified atom stereocenters. The summed E-state index contributed by atoms with van der Waals surface area (Å²) in [7, 11) is -3.78. The third-order valence-electron chi connectivity index (χ3n) is 2.19. The van der Waals surface area contributed by atoms with Crippen molar-refractivity contribution in [3.05, 3.63) is 29.6 Å². The van der Waals surface area contributed by atoms with Crippen LogP contribution in [0.5, 0.6) is 0 Å². The van der Waals surface area contributed by atoms with Gasteiger partial charge in [0.15, 0.2) is 0 Å². The Hall–Kier alpha value is -1.67. The minimum atomic E-state index is -3.78. The number of nitrogens with one attached hydrogen (secondary N) is 1. The number of ether oxygens (including phenoxy) is 1. The van der Waals surface area contributed by atoms with E-state index in [1.807, 2.05) is 4.72 Å². The Morgan fingerprint density at radius 1 is 1.47 bits per heavy atom. The highest BCUT2D eigenvalue weighted by Crippen LogP contribution is 2.20. The van der Waals surface area contributed by atoms with Crippen molar-refractivity contribution in [3.63, 3.8) is 0 Å². The predicted molar refractivity (Wildman–Crippen MR) is 67.3 cm³/mol. The van der Waals surface area contributed by atoms with E-state index in [1.165, 1.54) is 12.1 Å². The lowest BCUT2D eigenvalue weighted by Gasteiger charge is -2.10. The van der Waals surface area contributed by atoms with Crippen LogP contribution in [0.2, 0.25) is 0 Å². The van der Waals surface area contributed by atoms with Crippen LogP contribution in [-0.2, 0) is 14.8 Å². The minimum Gasteiger partial charge on any atom is -0.478 e. The molecule has 19 heavy (non-hydrogen) atoms. The van der Waals surface area contributed by atoms with Crippen LogP contribution in [0.15, 0.2) is 18.2 Å². The molecule has 6 nitrogen and oxygen atoms in total. The smallest absolute Gasteiger partial charge is 0.340 e. The lowest BCUT2D eigenvalue weighted by molar-refractivity contribution is 0.0693. The van der Waals surface area contributed by atoms with Gasteiger partial charge in [0.2, 0.25) is 10.0 Å². The molecule has 0 spiro atoms. The molecule has 8 heteroatoms. The van der Waals surface area contributed by atoms with E-state index >= 15 is 0 Å². The van der Waals surface area contributed by atoms with Gasteiger partial charge >= 0.3 is 5.97 Å². The van der Waals surface area contributed by atoms with Gasteiger partial charge in [-0.1, -0.05) is 6.07 Å². The van der Waals surface area contributed by atoms with Crippen molar-refractivity contribution in [1.29, 1.82) is 0 Å². The number of carbonyl (C=O) groups is 1. The molecule has 0 bridgehead atoms. The number of hydrogen-bond acceptors (Lipinski definition) is 4. The van der Waals surface area contributed by atoms with Gasteiger partial charge in [-0.25, -0.2) is 17.6 Å². The van der Waals surface area contributed by atoms with Crippen LogP contribution in [-0.4, -0.2) is 38.5 Å². The van der Waals surface area contributed by atoms with Gasteiger partial charge in [0, 0.05) is 6.61 Å². The fourth-order valence-electron chi connectivity index (χ4n) is 1.36. The molecule has 0 saturated heterocycles. The van der Waals surface area contributed by atoms with Gasteiger partial charge < -0.3 is 9.84 Å². The van der Waals surface area contributed by atoms with Crippen molar-refractivity contribution in [2.75, 3.05) is 23.7 Å². The Morgan fingerprint density at radius 3 is 2.74 bits per heavy atom. The molecule has 0 aromatic heterocycles. The highest BCUT2D eigenvalue weighted by molar-refractivity contribution is 7.92. The molecule has 0 heterocycles. The Morgan fingerprint density at radius 2 is 2.16 bits per heavy atom. The van der Waals surface area contributed by atoms with E-state index in [1.54, 1.807) is 6.92 Å². The number of carboxylic acids is 1. The first-order valence-electron chi connectivity index (χ1n) is 5.47. The maximum atomic E-state index is 13.3. The summed E-state index contributed by atoms with van der Waals surface area (Å²) in [6, 6.07) is 3.36. The summed E-state index contributed by atoms with van der Waals surface area (Å²) >= 11 is 0. The van der Waals surface area contributed by atoms with Crippen LogP contribution in [0.4, 0.5) is 10.1 Å². The van der Waals surface area contributed by atoms with Crippen molar-refractivity contribution in [1.82, 2.24) is 0 Å². The van der Waals surface area contributed by atoms with Crippen molar-refractivity contribution in [2.45, 2.75) is 6.92 Å². The first-order valence-corrected chi connectivity index (χ1v) is 7.12. The average Bonchev–Trinajstić information content (AvgIpc) is 2.27. The van der Waals surface area contributed by atoms with E-state index in [-0.39, 0.29) is 18.0 Å². The molecule has 0 aliphatic heterocycles. The van der Waals surface area contributed by atoms with Crippen LogP contribution in [0.3, 0.4) is 0 Å². The molecule has 0 aliphatic carbocycles. The van der Waals surface area contributed by atoms with Gasteiger partial charge in [-0.05, 0) is 19.1 Å². The number of aromatic carboxylic acids is 1. The summed E-state index contributed by atoms with van der Waals surface area (Å²) < 4.78 is 43.6. The Bertz CT molecular complexity index is 558. The van der Waals surface area contributed by atoms with Gasteiger partial charge in [0.1, 0.15) is 11.4 Å². The second-order valence-electron chi connectivity index (χ2n) is 3.59. The third kappa shape index (κ3) is 4.49. The molecule has 0 radical (unpaired) electrons. The molecular weight excluding hydrogens is 277 g/mol. The minimum absolute atomic E-state index is 0.0243. The van der Waals surface area contributed by atoms with Crippen molar-refractivity contribution >= 4 is 21.7 Å². The largest absolute Gasteiger partial charge is 0.478 e. The van der Waals surface area contributed by atoms with Crippen molar-refractivity contribution in [2.24, 2.45) is 0 Å². The van der Waals surface area contributed by atoms with Crippen LogP contribution < -0.4 is 4.72 Å². The van der Waals surface area contributed by atoms with Crippen LogP contribution in [0, 0.1) is 5.82 Å². The van der Waals surface area contributed by atoms with Gasteiger partial charge in [-0.15, -0.1) is 0 Å². The summed E-state index contributed by atoms with van der Waals surface area (Å²) in [6.07, 6.45) is 0. The lowest BCUT2D eigenvalue weighted by Crippen LogP contribution is -2.22. The summed E-state index contributed by atoms with van der Waals surface area (Å²) in [5, 5.41) is 8.86. The van der Waals surface area contributed by atoms with E-state index in [9.17, 15) is 17.6 Å². The SMILES string of the molecule is CCOCCS(=O)(=O)Nc1cccc(F)c1C(=O)O. The molecule has 0 amide bonds. The Labute approximate surface area is 110 Å². The van der Waals surface area contributed by atoms with E-state index in [4.69, 9.17) is 9.84 Å². The number of benzene rings is 1. The van der Waals surface area contributed by atoms with Crippen LogP contribution >= 0.6 is 0 Å². The van der Waals surface area contributed by atoms with E-state index < -0.39 is 27.4 Å². The van der Waals surface area contributed by atoms with Crippen molar-refractivity contribution in [3.8, 4) is 0 Å². The molecule has 0 atom stereocenters. The maximum absolute atomic E-state index is 13.3. The zero-order valence-electron chi connectivity index (χ0n) is 10.2. The Balaban J connectivity index is 2.93. The maximum Gasteiger partial charge on any atom is 0.340 e. The average molecular weight is 291 g/mol. The molecule has 0 saturated carbocycles. The predicted octanol–water partition coefficient (Wildman–Crippen LogP) is 1.30. The number of hydrogen-bond donors (Lipinski definition) is 2. The monoisotopic (exact) mass is 291 g/mol. The van der Waals surface area contributed by atoms with Crippen molar-refractivity contribution < 1.29 is 27.4 Å². The number of carboxylic acid groups (broad SMARTS) is 1. The topological polar surface area (TPSA) is 92.7 Å². The summed E-state index contributed by atoms with van der Waals surface area (Å²) in [5.41, 5.74) is -1.01. The normalized spacial score (nSPS) is 11.3. The van der Waals surface area contributed by atoms with Gasteiger partial charge in [0.25, 0.3) is 0 Å². The van der Waals surface area contributed by atoms with E-state index in [0.717, 1.165) is 6.07 Å².